The first-order valence-electron chi connectivity index (χ1n) is 6.54. The Morgan fingerprint density at radius 3 is 2.27 bits per heavy atom. The molecule has 2 heteroatoms. The molecule has 1 saturated heterocycles. The Labute approximate surface area is 95.4 Å². The van der Waals surface area contributed by atoms with Gasteiger partial charge in [-0.2, -0.15) is 0 Å². The molecule has 90 valence electrons. The van der Waals surface area contributed by atoms with Gasteiger partial charge in [-0.1, -0.05) is 13.8 Å². The summed E-state index contributed by atoms with van der Waals surface area (Å²) < 4.78 is 0. The van der Waals surface area contributed by atoms with Crippen LogP contribution in [0.15, 0.2) is 0 Å². The molecule has 15 heavy (non-hydrogen) atoms. The van der Waals surface area contributed by atoms with E-state index in [1.54, 1.807) is 0 Å². The Kier molecular flexibility index (Phi) is 5.62. The lowest BCUT2D eigenvalue weighted by Gasteiger charge is -2.36. The first-order valence-corrected chi connectivity index (χ1v) is 6.54. The molecule has 0 aromatic heterocycles. The van der Waals surface area contributed by atoms with Gasteiger partial charge in [0.1, 0.15) is 0 Å². The van der Waals surface area contributed by atoms with Crippen LogP contribution >= 0.6 is 0 Å². The summed E-state index contributed by atoms with van der Waals surface area (Å²) in [6.45, 7) is 9.41. The lowest BCUT2D eigenvalue weighted by molar-refractivity contribution is 0.142. The fraction of sp³-hybridized carbons (Fsp3) is 1.00. The van der Waals surface area contributed by atoms with Crippen molar-refractivity contribution in [1.82, 2.24) is 10.2 Å². The standard InChI is InChI=1S/C13H28N2/c1-11(2)5-6-12(3)15(4)13-7-9-14-10-8-13/h11-14H,5-10H2,1-4H3. The number of hydrogen-bond acceptors (Lipinski definition) is 2. The second-order valence-electron chi connectivity index (χ2n) is 5.47. The van der Waals surface area contributed by atoms with E-state index in [1.807, 2.05) is 0 Å². The minimum absolute atomic E-state index is 0.746. The van der Waals surface area contributed by atoms with Crippen LogP contribution in [0.4, 0.5) is 0 Å². The van der Waals surface area contributed by atoms with Crippen LogP contribution in [-0.4, -0.2) is 37.1 Å². The van der Waals surface area contributed by atoms with Gasteiger partial charge in [0.2, 0.25) is 0 Å². The molecule has 0 amide bonds. The van der Waals surface area contributed by atoms with Gasteiger partial charge in [0.05, 0.1) is 0 Å². The van der Waals surface area contributed by atoms with E-state index in [2.05, 4.69) is 38.0 Å². The summed E-state index contributed by atoms with van der Waals surface area (Å²) in [6.07, 6.45) is 5.35. The normalized spacial score (nSPS) is 21.2. The molecule has 1 atom stereocenters. The van der Waals surface area contributed by atoms with Crippen molar-refractivity contribution in [3.8, 4) is 0 Å². The molecule has 0 radical (unpaired) electrons. The quantitative estimate of drug-likeness (QED) is 0.753. The van der Waals surface area contributed by atoms with Crippen LogP contribution < -0.4 is 5.32 Å². The maximum atomic E-state index is 3.43. The van der Waals surface area contributed by atoms with Gasteiger partial charge in [0.25, 0.3) is 0 Å². The number of nitrogens with zero attached hydrogens (tertiary/aromatic N) is 1. The largest absolute Gasteiger partial charge is 0.317 e. The van der Waals surface area contributed by atoms with E-state index in [9.17, 15) is 0 Å². The van der Waals surface area contributed by atoms with Crippen LogP contribution in [0.3, 0.4) is 0 Å². The molecule has 1 aliphatic rings. The molecular formula is C13H28N2. The smallest absolute Gasteiger partial charge is 0.0119 e. The minimum Gasteiger partial charge on any atom is -0.317 e. The zero-order valence-electron chi connectivity index (χ0n) is 10.9. The molecule has 0 aliphatic carbocycles. The second-order valence-corrected chi connectivity index (χ2v) is 5.47. The first-order chi connectivity index (χ1) is 7.11. The van der Waals surface area contributed by atoms with Gasteiger partial charge in [-0.3, -0.25) is 0 Å². The monoisotopic (exact) mass is 212 g/mol. The Balaban J connectivity index is 2.27. The lowest BCUT2D eigenvalue weighted by Crippen LogP contribution is -2.45. The van der Waals surface area contributed by atoms with Crippen LogP contribution in [0.5, 0.6) is 0 Å². The SMILES string of the molecule is CC(C)CCC(C)N(C)C1CCNCC1. The third kappa shape index (κ3) is 4.52. The van der Waals surface area contributed by atoms with Crippen LogP contribution in [0.2, 0.25) is 0 Å². The second kappa shape index (κ2) is 6.49. The van der Waals surface area contributed by atoms with Crippen molar-refractivity contribution in [2.45, 2.75) is 58.5 Å². The zero-order chi connectivity index (χ0) is 11.3. The number of hydrogen-bond donors (Lipinski definition) is 1. The van der Waals surface area contributed by atoms with E-state index in [0.717, 1.165) is 18.0 Å². The summed E-state index contributed by atoms with van der Waals surface area (Å²) in [5.41, 5.74) is 0. The Morgan fingerprint density at radius 1 is 1.13 bits per heavy atom. The van der Waals surface area contributed by atoms with E-state index in [1.165, 1.54) is 38.8 Å². The third-order valence-electron chi connectivity index (χ3n) is 3.74. The summed E-state index contributed by atoms with van der Waals surface area (Å²) in [5, 5.41) is 3.43. The van der Waals surface area contributed by atoms with Gasteiger partial charge in [-0.15, -0.1) is 0 Å². The van der Waals surface area contributed by atoms with Crippen molar-refractivity contribution in [2.24, 2.45) is 5.92 Å². The van der Waals surface area contributed by atoms with E-state index in [0.29, 0.717) is 0 Å². The van der Waals surface area contributed by atoms with Gasteiger partial charge in [0.15, 0.2) is 0 Å². The Hall–Kier alpha value is -0.0800. The molecule has 0 aromatic rings. The summed E-state index contributed by atoms with van der Waals surface area (Å²) >= 11 is 0. The van der Waals surface area contributed by atoms with Crippen LogP contribution in [0, 0.1) is 5.92 Å². The third-order valence-corrected chi connectivity index (χ3v) is 3.74. The molecule has 0 saturated carbocycles. The van der Waals surface area contributed by atoms with Crippen LogP contribution in [-0.2, 0) is 0 Å². The zero-order valence-corrected chi connectivity index (χ0v) is 10.9. The first kappa shape index (κ1) is 13.0. The van der Waals surface area contributed by atoms with Crippen molar-refractivity contribution >= 4 is 0 Å². The summed E-state index contributed by atoms with van der Waals surface area (Å²) in [7, 11) is 2.31. The Bertz CT molecular complexity index is 162. The fourth-order valence-electron chi connectivity index (χ4n) is 2.35. The van der Waals surface area contributed by atoms with Crippen molar-refractivity contribution in [3.63, 3.8) is 0 Å². The summed E-state index contributed by atoms with van der Waals surface area (Å²) in [5.74, 6) is 0.842. The van der Waals surface area contributed by atoms with E-state index < -0.39 is 0 Å². The highest BCUT2D eigenvalue weighted by molar-refractivity contribution is 4.79. The van der Waals surface area contributed by atoms with E-state index >= 15 is 0 Å². The van der Waals surface area contributed by atoms with Gasteiger partial charge >= 0.3 is 0 Å². The average Bonchev–Trinajstić information content (AvgIpc) is 2.26. The summed E-state index contributed by atoms with van der Waals surface area (Å²) in [4.78, 5) is 2.60. The molecule has 1 heterocycles. The van der Waals surface area contributed by atoms with Gasteiger partial charge in [-0.05, 0) is 58.7 Å². The maximum absolute atomic E-state index is 3.43. The molecule has 0 bridgehead atoms. The van der Waals surface area contributed by atoms with Gasteiger partial charge < -0.3 is 10.2 Å². The highest BCUT2D eigenvalue weighted by Crippen LogP contribution is 2.17. The van der Waals surface area contributed by atoms with Crippen LogP contribution in [0.1, 0.15) is 46.5 Å². The number of rotatable bonds is 5. The van der Waals surface area contributed by atoms with Crippen molar-refractivity contribution < 1.29 is 0 Å². The molecule has 1 rings (SSSR count). The van der Waals surface area contributed by atoms with Crippen molar-refractivity contribution in [1.29, 1.82) is 0 Å². The van der Waals surface area contributed by atoms with Crippen molar-refractivity contribution in [3.05, 3.63) is 0 Å². The van der Waals surface area contributed by atoms with E-state index in [4.69, 9.17) is 0 Å². The average molecular weight is 212 g/mol. The molecule has 0 spiro atoms. The van der Waals surface area contributed by atoms with Crippen LogP contribution in [0.25, 0.3) is 0 Å². The lowest BCUT2D eigenvalue weighted by atomic mass is 9.99. The van der Waals surface area contributed by atoms with Gasteiger partial charge in [-0.25, -0.2) is 0 Å². The molecule has 1 N–H and O–H groups in total. The highest BCUT2D eigenvalue weighted by atomic mass is 15.2. The number of piperidine rings is 1. The van der Waals surface area contributed by atoms with Crippen molar-refractivity contribution in [2.75, 3.05) is 20.1 Å². The van der Waals surface area contributed by atoms with E-state index in [-0.39, 0.29) is 0 Å². The predicted octanol–water partition coefficient (Wildman–Crippen LogP) is 2.49. The molecule has 2 nitrogen and oxygen atoms in total. The number of nitrogens with one attached hydrogen (secondary N) is 1. The topological polar surface area (TPSA) is 15.3 Å². The molecular weight excluding hydrogens is 184 g/mol. The molecule has 1 unspecified atom stereocenters. The minimum atomic E-state index is 0.746. The van der Waals surface area contributed by atoms with Gasteiger partial charge in [0, 0.05) is 12.1 Å². The fourth-order valence-corrected chi connectivity index (χ4v) is 2.35. The maximum Gasteiger partial charge on any atom is 0.0119 e. The molecule has 1 fully saturated rings. The molecule has 1 aliphatic heterocycles. The predicted molar refractivity (Wildman–Crippen MR) is 67.2 cm³/mol. The summed E-state index contributed by atoms with van der Waals surface area (Å²) in [6, 6.07) is 1.56. The molecule has 0 aromatic carbocycles. The Morgan fingerprint density at radius 2 is 1.73 bits per heavy atom. The highest BCUT2D eigenvalue weighted by Gasteiger charge is 2.21.